The summed E-state index contributed by atoms with van der Waals surface area (Å²) in [6.45, 7) is 3.65. The molecule has 5 heteroatoms. The highest BCUT2D eigenvalue weighted by Crippen LogP contribution is 2.22. The molecule has 106 valence electrons. The highest BCUT2D eigenvalue weighted by molar-refractivity contribution is 5.97. The van der Waals surface area contributed by atoms with Gasteiger partial charge in [-0.15, -0.1) is 0 Å². The molecular formula is C16H15N3O2. The van der Waals surface area contributed by atoms with Crippen LogP contribution in [-0.2, 0) is 5.54 Å². The second kappa shape index (κ2) is 5.63. The first-order valence-electron chi connectivity index (χ1n) is 6.41. The maximum Gasteiger partial charge on any atom is 0.255 e. The van der Waals surface area contributed by atoms with E-state index in [-0.39, 0.29) is 11.3 Å². The quantitative estimate of drug-likeness (QED) is 0.904. The number of phenolic OH excluding ortho intramolecular Hbond substituents is 1. The molecule has 0 unspecified atom stereocenters. The van der Waals surface area contributed by atoms with Crippen LogP contribution in [-0.4, -0.2) is 16.0 Å². The number of amides is 1. The highest BCUT2D eigenvalue weighted by Gasteiger charge is 2.25. The van der Waals surface area contributed by atoms with E-state index in [1.165, 1.54) is 18.2 Å². The molecule has 2 rings (SSSR count). The van der Waals surface area contributed by atoms with Gasteiger partial charge in [0.2, 0.25) is 0 Å². The molecular weight excluding hydrogens is 266 g/mol. The first-order chi connectivity index (χ1) is 9.94. The summed E-state index contributed by atoms with van der Waals surface area (Å²) in [6, 6.07) is 11.6. The van der Waals surface area contributed by atoms with Crippen LogP contribution in [0.2, 0.25) is 0 Å². The van der Waals surface area contributed by atoms with Gasteiger partial charge in [-0.05, 0) is 44.2 Å². The Morgan fingerprint density at radius 1 is 1.33 bits per heavy atom. The Morgan fingerprint density at radius 2 is 2.10 bits per heavy atom. The average Bonchev–Trinajstić information content (AvgIpc) is 2.47. The van der Waals surface area contributed by atoms with Crippen molar-refractivity contribution in [1.29, 1.82) is 5.26 Å². The third-order valence-corrected chi connectivity index (χ3v) is 3.10. The smallest absolute Gasteiger partial charge is 0.255 e. The second-order valence-electron chi connectivity index (χ2n) is 5.14. The number of nitrogens with zero attached hydrogens (tertiary/aromatic N) is 2. The fourth-order valence-electron chi connectivity index (χ4n) is 1.94. The topological polar surface area (TPSA) is 86.0 Å². The summed E-state index contributed by atoms with van der Waals surface area (Å²) in [5.74, 6) is -0.643. The summed E-state index contributed by atoms with van der Waals surface area (Å²) in [4.78, 5) is 16.5. The van der Waals surface area contributed by atoms with Crippen molar-refractivity contribution in [3.05, 3.63) is 59.4 Å². The minimum absolute atomic E-state index is 0.123. The number of benzene rings is 1. The third kappa shape index (κ3) is 3.18. The number of phenols is 1. The molecule has 0 fully saturated rings. The monoisotopic (exact) mass is 281 g/mol. The molecule has 21 heavy (non-hydrogen) atoms. The third-order valence-electron chi connectivity index (χ3n) is 3.10. The number of hydrogen-bond acceptors (Lipinski definition) is 4. The molecule has 2 aromatic rings. The summed E-state index contributed by atoms with van der Waals surface area (Å²) in [5.41, 5.74) is 0.455. The lowest BCUT2D eigenvalue weighted by Gasteiger charge is -2.25. The Labute approximate surface area is 122 Å². The van der Waals surface area contributed by atoms with E-state index in [0.717, 1.165) is 0 Å². The summed E-state index contributed by atoms with van der Waals surface area (Å²) in [6.07, 6.45) is 1.66. The molecule has 0 aliphatic rings. The van der Waals surface area contributed by atoms with Crippen molar-refractivity contribution in [3.63, 3.8) is 0 Å². The Kier molecular flexibility index (Phi) is 3.90. The number of hydrogen-bond donors (Lipinski definition) is 2. The number of pyridine rings is 1. The largest absolute Gasteiger partial charge is 0.507 e. The molecule has 1 amide bonds. The molecule has 1 heterocycles. The fraction of sp³-hybridized carbons (Fsp3) is 0.188. The standard InChI is InChI=1S/C16H15N3O2/c1-16(2,14-5-3-4-8-18-14)19-15(21)12-7-6-11(10-17)9-13(12)20/h3-9,20H,1-2H3,(H,19,21). The van der Waals surface area contributed by atoms with Gasteiger partial charge >= 0.3 is 0 Å². The molecule has 0 saturated carbocycles. The van der Waals surface area contributed by atoms with E-state index >= 15 is 0 Å². The summed E-state index contributed by atoms with van der Waals surface area (Å²) in [5, 5.41) is 21.4. The number of carbonyl (C=O) groups excluding carboxylic acids is 1. The maximum absolute atomic E-state index is 12.3. The van der Waals surface area contributed by atoms with Gasteiger partial charge in [-0.1, -0.05) is 6.07 Å². The van der Waals surface area contributed by atoms with E-state index < -0.39 is 11.4 Å². The van der Waals surface area contributed by atoms with Crippen molar-refractivity contribution in [2.75, 3.05) is 0 Å². The molecule has 1 aromatic carbocycles. The Morgan fingerprint density at radius 3 is 2.67 bits per heavy atom. The van der Waals surface area contributed by atoms with Crippen LogP contribution in [0.4, 0.5) is 0 Å². The number of aromatic hydroxyl groups is 1. The van der Waals surface area contributed by atoms with E-state index in [0.29, 0.717) is 11.3 Å². The van der Waals surface area contributed by atoms with Crippen LogP contribution in [0.3, 0.4) is 0 Å². The zero-order valence-corrected chi connectivity index (χ0v) is 11.8. The maximum atomic E-state index is 12.3. The lowest BCUT2D eigenvalue weighted by atomic mass is 9.99. The first-order valence-corrected chi connectivity index (χ1v) is 6.41. The van der Waals surface area contributed by atoms with Gasteiger partial charge < -0.3 is 10.4 Å². The Balaban J connectivity index is 2.24. The molecule has 0 bridgehead atoms. The van der Waals surface area contributed by atoms with Gasteiger partial charge in [0.15, 0.2) is 0 Å². The van der Waals surface area contributed by atoms with Crippen molar-refractivity contribution < 1.29 is 9.90 Å². The molecule has 0 atom stereocenters. The molecule has 2 N–H and O–H groups in total. The molecule has 0 spiro atoms. The van der Waals surface area contributed by atoms with Gasteiger partial charge in [-0.25, -0.2) is 0 Å². The van der Waals surface area contributed by atoms with Crippen molar-refractivity contribution >= 4 is 5.91 Å². The number of rotatable bonds is 3. The Bertz CT molecular complexity index is 703. The zero-order valence-electron chi connectivity index (χ0n) is 11.8. The van der Waals surface area contributed by atoms with Crippen LogP contribution in [0, 0.1) is 11.3 Å². The molecule has 5 nitrogen and oxygen atoms in total. The number of aromatic nitrogens is 1. The molecule has 1 aromatic heterocycles. The highest BCUT2D eigenvalue weighted by atomic mass is 16.3. The summed E-state index contributed by atoms with van der Waals surface area (Å²) < 4.78 is 0. The van der Waals surface area contributed by atoms with Crippen LogP contribution in [0.15, 0.2) is 42.6 Å². The van der Waals surface area contributed by atoms with Crippen LogP contribution >= 0.6 is 0 Å². The van der Waals surface area contributed by atoms with E-state index in [2.05, 4.69) is 10.3 Å². The summed E-state index contributed by atoms with van der Waals surface area (Å²) >= 11 is 0. The lowest BCUT2D eigenvalue weighted by Crippen LogP contribution is -2.41. The van der Waals surface area contributed by atoms with Gasteiger partial charge in [-0.2, -0.15) is 5.26 Å². The van der Waals surface area contributed by atoms with E-state index in [1.54, 1.807) is 12.3 Å². The van der Waals surface area contributed by atoms with Crippen molar-refractivity contribution in [2.24, 2.45) is 0 Å². The normalized spacial score (nSPS) is 10.7. The van der Waals surface area contributed by atoms with E-state index in [9.17, 15) is 9.90 Å². The molecule has 0 aliphatic carbocycles. The van der Waals surface area contributed by atoms with Gasteiger partial charge in [0, 0.05) is 6.20 Å². The second-order valence-corrected chi connectivity index (χ2v) is 5.14. The van der Waals surface area contributed by atoms with Crippen molar-refractivity contribution in [3.8, 4) is 11.8 Å². The minimum Gasteiger partial charge on any atom is -0.507 e. The molecule has 0 radical (unpaired) electrons. The average molecular weight is 281 g/mol. The zero-order chi connectivity index (χ0) is 15.5. The van der Waals surface area contributed by atoms with E-state index in [1.807, 2.05) is 32.0 Å². The SMILES string of the molecule is CC(C)(NC(=O)c1ccc(C#N)cc1O)c1ccccn1. The first kappa shape index (κ1) is 14.5. The lowest BCUT2D eigenvalue weighted by molar-refractivity contribution is 0.0907. The van der Waals surface area contributed by atoms with Crippen LogP contribution in [0.5, 0.6) is 5.75 Å². The number of carbonyl (C=O) groups is 1. The van der Waals surface area contributed by atoms with Crippen molar-refractivity contribution in [2.45, 2.75) is 19.4 Å². The van der Waals surface area contributed by atoms with Crippen LogP contribution < -0.4 is 5.32 Å². The predicted octanol–water partition coefficient (Wildman–Crippen LogP) is 2.32. The van der Waals surface area contributed by atoms with Crippen LogP contribution in [0.25, 0.3) is 0 Å². The summed E-state index contributed by atoms with van der Waals surface area (Å²) in [7, 11) is 0. The fourth-order valence-corrected chi connectivity index (χ4v) is 1.94. The van der Waals surface area contributed by atoms with E-state index in [4.69, 9.17) is 5.26 Å². The van der Waals surface area contributed by atoms with Gasteiger partial charge in [0.05, 0.1) is 28.4 Å². The van der Waals surface area contributed by atoms with Crippen molar-refractivity contribution in [1.82, 2.24) is 10.3 Å². The predicted molar refractivity (Wildman–Crippen MR) is 77.6 cm³/mol. The van der Waals surface area contributed by atoms with Gasteiger partial charge in [0.1, 0.15) is 5.75 Å². The van der Waals surface area contributed by atoms with Gasteiger partial charge in [0.25, 0.3) is 5.91 Å². The minimum atomic E-state index is -0.682. The van der Waals surface area contributed by atoms with Gasteiger partial charge in [-0.3, -0.25) is 9.78 Å². The number of nitriles is 1. The molecule has 0 aliphatic heterocycles. The molecule has 0 saturated heterocycles. The number of nitrogens with one attached hydrogen (secondary N) is 1. The van der Waals surface area contributed by atoms with Crippen LogP contribution in [0.1, 0.15) is 35.5 Å². The Hall–Kier alpha value is -2.87.